The molecule has 0 aliphatic carbocycles. The zero-order chi connectivity index (χ0) is 13.8. The molecule has 2 rings (SSSR count). The van der Waals surface area contributed by atoms with Crippen LogP contribution >= 0.6 is 23.2 Å². The number of aromatic nitrogens is 2. The van der Waals surface area contributed by atoms with Gasteiger partial charge in [0, 0.05) is 16.8 Å². The molecule has 0 saturated carbocycles. The molecule has 0 saturated heterocycles. The lowest BCUT2D eigenvalue weighted by Crippen LogP contribution is -2.13. The average molecular weight is 298 g/mol. The van der Waals surface area contributed by atoms with Crippen molar-refractivity contribution in [1.82, 2.24) is 9.78 Å². The number of alkyl halides is 1. The van der Waals surface area contributed by atoms with Crippen LogP contribution in [0.1, 0.15) is 11.3 Å². The zero-order valence-corrected chi connectivity index (χ0v) is 11.9. The van der Waals surface area contributed by atoms with E-state index in [0.717, 1.165) is 11.3 Å². The number of amides is 1. The molecular weight excluding hydrogens is 285 g/mol. The summed E-state index contributed by atoms with van der Waals surface area (Å²) in [5.74, 6) is 0.152. The van der Waals surface area contributed by atoms with Crippen molar-refractivity contribution in [3.8, 4) is 0 Å². The lowest BCUT2D eigenvalue weighted by molar-refractivity contribution is -0.113. The van der Waals surface area contributed by atoms with E-state index in [1.54, 1.807) is 10.7 Å². The third-order valence-electron chi connectivity index (χ3n) is 2.59. The Morgan fingerprint density at radius 2 is 2.21 bits per heavy atom. The van der Waals surface area contributed by atoms with Gasteiger partial charge in [-0.05, 0) is 24.6 Å². The van der Waals surface area contributed by atoms with E-state index in [0.29, 0.717) is 17.4 Å². The first kappa shape index (κ1) is 13.9. The summed E-state index contributed by atoms with van der Waals surface area (Å²) in [5, 5.41) is 7.62. The van der Waals surface area contributed by atoms with E-state index in [1.165, 1.54) is 0 Å². The van der Waals surface area contributed by atoms with E-state index >= 15 is 0 Å². The van der Waals surface area contributed by atoms with Crippen LogP contribution in [0.5, 0.6) is 0 Å². The van der Waals surface area contributed by atoms with Gasteiger partial charge in [0.1, 0.15) is 5.88 Å². The van der Waals surface area contributed by atoms with E-state index in [-0.39, 0.29) is 11.8 Å². The molecule has 0 aliphatic rings. The van der Waals surface area contributed by atoms with Gasteiger partial charge in [-0.2, -0.15) is 5.10 Å². The van der Waals surface area contributed by atoms with Crippen molar-refractivity contribution in [3.63, 3.8) is 0 Å². The maximum absolute atomic E-state index is 11.2. The summed E-state index contributed by atoms with van der Waals surface area (Å²) in [7, 11) is 0. The van der Waals surface area contributed by atoms with Gasteiger partial charge in [-0.3, -0.25) is 9.48 Å². The van der Waals surface area contributed by atoms with Crippen molar-refractivity contribution in [2.24, 2.45) is 0 Å². The molecule has 0 radical (unpaired) electrons. The van der Waals surface area contributed by atoms with Gasteiger partial charge in [-0.25, -0.2) is 0 Å². The molecule has 100 valence electrons. The van der Waals surface area contributed by atoms with Crippen LogP contribution in [-0.4, -0.2) is 21.6 Å². The van der Waals surface area contributed by atoms with Gasteiger partial charge in [0.15, 0.2) is 5.82 Å². The molecule has 1 amide bonds. The van der Waals surface area contributed by atoms with Crippen LogP contribution in [0.15, 0.2) is 30.3 Å². The Labute approximate surface area is 121 Å². The van der Waals surface area contributed by atoms with Crippen molar-refractivity contribution < 1.29 is 4.79 Å². The first-order chi connectivity index (χ1) is 9.08. The summed E-state index contributed by atoms with van der Waals surface area (Å²) < 4.78 is 1.80. The predicted octanol–water partition coefficient (Wildman–Crippen LogP) is 3.07. The minimum atomic E-state index is -0.269. The van der Waals surface area contributed by atoms with Crippen molar-refractivity contribution in [3.05, 3.63) is 46.6 Å². The summed E-state index contributed by atoms with van der Waals surface area (Å²) in [5.41, 5.74) is 2.00. The highest BCUT2D eigenvalue weighted by atomic mass is 35.5. The molecule has 4 nitrogen and oxygen atoms in total. The molecule has 0 atom stereocenters. The van der Waals surface area contributed by atoms with E-state index in [4.69, 9.17) is 23.2 Å². The summed E-state index contributed by atoms with van der Waals surface area (Å²) >= 11 is 11.4. The molecule has 0 aliphatic heterocycles. The normalized spacial score (nSPS) is 10.5. The highest BCUT2D eigenvalue weighted by molar-refractivity contribution is 6.30. The van der Waals surface area contributed by atoms with Gasteiger partial charge in [0.2, 0.25) is 5.91 Å². The van der Waals surface area contributed by atoms with Gasteiger partial charge in [0.25, 0.3) is 0 Å². The fraction of sp³-hybridized carbons (Fsp3) is 0.231. The number of hydrogen-bond donors (Lipinski definition) is 1. The molecule has 2 aromatic rings. The highest BCUT2D eigenvalue weighted by Crippen LogP contribution is 2.14. The highest BCUT2D eigenvalue weighted by Gasteiger charge is 2.07. The molecule has 0 unspecified atom stereocenters. The topological polar surface area (TPSA) is 46.9 Å². The van der Waals surface area contributed by atoms with E-state index in [1.807, 2.05) is 31.2 Å². The SMILES string of the molecule is Cc1cc(NC(=O)CCl)nn1Cc1cccc(Cl)c1. The molecule has 6 heteroatoms. The van der Waals surface area contributed by atoms with E-state index < -0.39 is 0 Å². The molecule has 1 N–H and O–H groups in total. The zero-order valence-electron chi connectivity index (χ0n) is 10.4. The summed E-state index contributed by atoms with van der Waals surface area (Å²) in [6.45, 7) is 2.52. The molecule has 1 heterocycles. The summed E-state index contributed by atoms with van der Waals surface area (Å²) in [6.07, 6.45) is 0. The first-order valence-electron chi connectivity index (χ1n) is 5.73. The molecular formula is C13H13Cl2N3O. The van der Waals surface area contributed by atoms with Crippen LogP contribution in [0.2, 0.25) is 5.02 Å². The van der Waals surface area contributed by atoms with Crippen LogP contribution in [0.3, 0.4) is 0 Å². The standard InChI is InChI=1S/C13H13Cl2N3O/c1-9-5-12(16-13(19)7-14)17-18(9)8-10-3-2-4-11(15)6-10/h2-6H,7-8H2,1H3,(H,16,17,19). The summed E-state index contributed by atoms with van der Waals surface area (Å²) in [4.78, 5) is 11.2. The van der Waals surface area contributed by atoms with Gasteiger partial charge in [-0.15, -0.1) is 11.6 Å². The Balaban J connectivity index is 2.15. The molecule has 0 spiro atoms. The third kappa shape index (κ3) is 3.72. The number of carbonyl (C=O) groups excluding carboxylic acids is 1. The number of carbonyl (C=O) groups is 1. The molecule has 1 aromatic carbocycles. The number of halogens is 2. The Bertz CT molecular complexity index is 595. The maximum Gasteiger partial charge on any atom is 0.240 e. The fourth-order valence-corrected chi connectivity index (χ4v) is 2.00. The molecule has 0 fully saturated rings. The number of benzene rings is 1. The van der Waals surface area contributed by atoms with Gasteiger partial charge in [-0.1, -0.05) is 23.7 Å². The first-order valence-corrected chi connectivity index (χ1v) is 6.64. The van der Waals surface area contributed by atoms with Crippen molar-refractivity contribution in [2.45, 2.75) is 13.5 Å². The number of rotatable bonds is 4. The molecule has 0 bridgehead atoms. The third-order valence-corrected chi connectivity index (χ3v) is 3.07. The monoisotopic (exact) mass is 297 g/mol. The van der Waals surface area contributed by atoms with E-state index in [9.17, 15) is 4.79 Å². The number of hydrogen-bond acceptors (Lipinski definition) is 2. The molecule has 1 aromatic heterocycles. The second kappa shape index (κ2) is 6.08. The average Bonchev–Trinajstić information content (AvgIpc) is 2.69. The minimum absolute atomic E-state index is 0.0831. The second-order valence-electron chi connectivity index (χ2n) is 4.14. The molecule has 19 heavy (non-hydrogen) atoms. The van der Waals surface area contributed by atoms with Crippen molar-refractivity contribution >= 4 is 34.9 Å². The Kier molecular flexibility index (Phi) is 4.45. The van der Waals surface area contributed by atoms with Crippen LogP contribution in [0.25, 0.3) is 0 Å². The maximum atomic E-state index is 11.2. The predicted molar refractivity (Wildman–Crippen MR) is 76.9 cm³/mol. The largest absolute Gasteiger partial charge is 0.308 e. The number of nitrogens with one attached hydrogen (secondary N) is 1. The Morgan fingerprint density at radius 3 is 2.89 bits per heavy atom. The fourth-order valence-electron chi connectivity index (χ4n) is 1.72. The Hall–Kier alpha value is -1.52. The number of nitrogens with zero attached hydrogens (tertiary/aromatic N) is 2. The van der Waals surface area contributed by atoms with Crippen LogP contribution in [0, 0.1) is 6.92 Å². The van der Waals surface area contributed by atoms with E-state index in [2.05, 4.69) is 10.4 Å². The van der Waals surface area contributed by atoms with Gasteiger partial charge in [0.05, 0.1) is 6.54 Å². The van der Waals surface area contributed by atoms with Crippen molar-refractivity contribution in [2.75, 3.05) is 11.2 Å². The minimum Gasteiger partial charge on any atom is -0.308 e. The number of aryl methyl sites for hydroxylation is 1. The lowest BCUT2D eigenvalue weighted by atomic mass is 10.2. The van der Waals surface area contributed by atoms with Crippen LogP contribution in [0.4, 0.5) is 5.82 Å². The second-order valence-corrected chi connectivity index (χ2v) is 4.84. The number of anilines is 1. The van der Waals surface area contributed by atoms with Crippen LogP contribution < -0.4 is 5.32 Å². The quantitative estimate of drug-likeness (QED) is 0.882. The Morgan fingerprint density at radius 1 is 1.42 bits per heavy atom. The van der Waals surface area contributed by atoms with Gasteiger partial charge < -0.3 is 5.32 Å². The lowest BCUT2D eigenvalue weighted by Gasteiger charge is -2.04. The smallest absolute Gasteiger partial charge is 0.240 e. The van der Waals surface area contributed by atoms with Crippen molar-refractivity contribution in [1.29, 1.82) is 0 Å². The van der Waals surface area contributed by atoms with Gasteiger partial charge >= 0.3 is 0 Å². The van der Waals surface area contributed by atoms with Crippen LogP contribution in [-0.2, 0) is 11.3 Å². The summed E-state index contributed by atoms with van der Waals surface area (Å²) in [6, 6.07) is 9.39.